The third-order valence-electron chi connectivity index (χ3n) is 4.56. The molecule has 1 aliphatic rings. The van der Waals surface area contributed by atoms with Crippen LogP contribution in [-0.4, -0.2) is 16.9 Å². The molecule has 0 saturated heterocycles. The molecule has 0 fully saturated rings. The van der Waals surface area contributed by atoms with Crippen molar-refractivity contribution in [3.05, 3.63) is 65.4 Å². The number of primary amides is 1. The Morgan fingerprint density at radius 3 is 2.61 bits per heavy atom. The first-order valence-electron chi connectivity index (χ1n) is 7.64. The highest BCUT2D eigenvalue weighted by atomic mass is 16.1. The van der Waals surface area contributed by atoms with Crippen molar-refractivity contribution in [1.82, 2.24) is 10.3 Å². The molecule has 1 amide bonds. The monoisotopic (exact) mass is 306 g/mol. The van der Waals surface area contributed by atoms with Crippen LogP contribution in [0, 0.1) is 0 Å². The molecule has 2 heterocycles. The first-order valence-corrected chi connectivity index (χ1v) is 7.64. The van der Waals surface area contributed by atoms with E-state index in [0.717, 1.165) is 27.7 Å². The summed E-state index contributed by atoms with van der Waals surface area (Å²) in [6.07, 6.45) is 0.581. The summed E-state index contributed by atoms with van der Waals surface area (Å²) in [5.41, 5.74) is 16.6. The Morgan fingerprint density at radius 2 is 1.83 bits per heavy atom. The molecule has 3 aromatic rings. The number of hydrogen-bond donors (Lipinski definition) is 4. The number of aromatic nitrogens is 1. The van der Waals surface area contributed by atoms with E-state index in [1.165, 1.54) is 0 Å². The highest BCUT2D eigenvalue weighted by molar-refractivity contribution is 5.88. The lowest BCUT2D eigenvalue weighted by atomic mass is 9.89. The number of nitrogens with two attached hydrogens (primary N) is 2. The number of carbonyl (C=O) groups is 1. The molecular weight excluding hydrogens is 288 g/mol. The van der Waals surface area contributed by atoms with E-state index in [4.69, 9.17) is 11.5 Å². The lowest BCUT2D eigenvalue weighted by Crippen LogP contribution is -2.48. The summed E-state index contributed by atoms with van der Waals surface area (Å²) in [5, 5.41) is 4.48. The fourth-order valence-electron chi connectivity index (χ4n) is 3.44. The first-order chi connectivity index (χ1) is 11.1. The van der Waals surface area contributed by atoms with Gasteiger partial charge in [-0.2, -0.15) is 0 Å². The van der Waals surface area contributed by atoms with Gasteiger partial charge in [-0.05, 0) is 29.7 Å². The van der Waals surface area contributed by atoms with Gasteiger partial charge < -0.3 is 16.5 Å². The number of fused-ring (bicyclic) bond motifs is 3. The molecule has 1 aromatic heterocycles. The van der Waals surface area contributed by atoms with Crippen molar-refractivity contribution < 1.29 is 4.79 Å². The van der Waals surface area contributed by atoms with Gasteiger partial charge in [0.2, 0.25) is 5.91 Å². The van der Waals surface area contributed by atoms with Crippen molar-refractivity contribution in [3.63, 3.8) is 0 Å². The van der Waals surface area contributed by atoms with E-state index in [2.05, 4.69) is 16.4 Å². The number of anilines is 1. The first kappa shape index (κ1) is 13.8. The second-order valence-electron chi connectivity index (χ2n) is 5.95. The molecule has 5 nitrogen and oxygen atoms in total. The number of amides is 1. The average molecular weight is 306 g/mol. The number of carbonyl (C=O) groups excluding carboxylic acids is 1. The van der Waals surface area contributed by atoms with E-state index in [-0.39, 0.29) is 11.9 Å². The van der Waals surface area contributed by atoms with Crippen LogP contribution >= 0.6 is 0 Å². The zero-order chi connectivity index (χ0) is 16.0. The van der Waals surface area contributed by atoms with Crippen molar-refractivity contribution in [2.75, 3.05) is 5.73 Å². The highest BCUT2D eigenvalue weighted by Gasteiger charge is 2.33. The van der Waals surface area contributed by atoms with Crippen LogP contribution in [0.3, 0.4) is 0 Å². The lowest BCUT2D eigenvalue weighted by molar-refractivity contribution is -0.120. The van der Waals surface area contributed by atoms with Crippen LogP contribution < -0.4 is 16.8 Å². The minimum Gasteiger partial charge on any atom is -0.398 e. The van der Waals surface area contributed by atoms with E-state index < -0.39 is 6.04 Å². The van der Waals surface area contributed by atoms with Gasteiger partial charge in [0.25, 0.3) is 0 Å². The Hall–Kier alpha value is -2.79. The van der Waals surface area contributed by atoms with E-state index in [1.54, 1.807) is 0 Å². The molecule has 0 radical (unpaired) electrons. The molecule has 0 saturated carbocycles. The number of H-pyrrole nitrogens is 1. The van der Waals surface area contributed by atoms with E-state index >= 15 is 0 Å². The second kappa shape index (κ2) is 5.14. The van der Waals surface area contributed by atoms with Crippen molar-refractivity contribution in [1.29, 1.82) is 0 Å². The number of rotatable bonds is 2. The molecule has 1 aliphatic heterocycles. The molecule has 116 valence electrons. The van der Waals surface area contributed by atoms with Gasteiger partial charge in [-0.15, -0.1) is 0 Å². The van der Waals surface area contributed by atoms with Gasteiger partial charge >= 0.3 is 0 Å². The van der Waals surface area contributed by atoms with Crippen molar-refractivity contribution in [2.24, 2.45) is 5.73 Å². The summed E-state index contributed by atoms with van der Waals surface area (Å²) in [6, 6.07) is 15.2. The van der Waals surface area contributed by atoms with Gasteiger partial charge in [-0.1, -0.05) is 36.4 Å². The number of benzene rings is 2. The molecule has 0 spiro atoms. The highest BCUT2D eigenvalue weighted by Crippen LogP contribution is 2.36. The third kappa shape index (κ3) is 2.17. The van der Waals surface area contributed by atoms with Crippen LogP contribution in [0.5, 0.6) is 0 Å². The van der Waals surface area contributed by atoms with Crippen molar-refractivity contribution >= 4 is 22.5 Å². The fourth-order valence-corrected chi connectivity index (χ4v) is 3.44. The summed E-state index contributed by atoms with van der Waals surface area (Å²) in [7, 11) is 0. The quantitative estimate of drug-likeness (QED) is 0.544. The fraction of sp³-hybridized carbons (Fsp3) is 0.167. The van der Waals surface area contributed by atoms with Gasteiger partial charge in [0.05, 0.1) is 12.1 Å². The zero-order valence-corrected chi connectivity index (χ0v) is 12.5. The summed E-state index contributed by atoms with van der Waals surface area (Å²) in [4.78, 5) is 15.3. The maximum atomic E-state index is 11.8. The summed E-state index contributed by atoms with van der Waals surface area (Å²) < 4.78 is 0. The SMILES string of the molecule is NC(=O)[C@@H]1Cc2c([nH]c3ccccc23)C(c2ccccc2N)N1. The summed E-state index contributed by atoms with van der Waals surface area (Å²) in [5.74, 6) is -0.347. The van der Waals surface area contributed by atoms with Crippen LogP contribution in [0.4, 0.5) is 5.69 Å². The topological polar surface area (TPSA) is 96.9 Å². The van der Waals surface area contributed by atoms with Crippen LogP contribution in [-0.2, 0) is 11.2 Å². The Balaban J connectivity index is 1.93. The smallest absolute Gasteiger partial charge is 0.234 e. The predicted molar refractivity (Wildman–Crippen MR) is 90.8 cm³/mol. The van der Waals surface area contributed by atoms with Crippen LogP contribution in [0.25, 0.3) is 10.9 Å². The molecule has 0 aliphatic carbocycles. The average Bonchev–Trinajstić information content (AvgIpc) is 2.93. The molecule has 0 bridgehead atoms. The Labute approximate surface area is 133 Å². The molecule has 1 unspecified atom stereocenters. The number of hydrogen-bond acceptors (Lipinski definition) is 3. The van der Waals surface area contributed by atoms with Gasteiger partial charge in [0.15, 0.2) is 0 Å². The van der Waals surface area contributed by atoms with E-state index in [0.29, 0.717) is 12.1 Å². The zero-order valence-electron chi connectivity index (χ0n) is 12.5. The minimum absolute atomic E-state index is 0.176. The second-order valence-corrected chi connectivity index (χ2v) is 5.95. The molecule has 2 atom stereocenters. The van der Waals surface area contributed by atoms with Crippen molar-refractivity contribution in [2.45, 2.75) is 18.5 Å². The van der Waals surface area contributed by atoms with Crippen LogP contribution in [0.2, 0.25) is 0 Å². The maximum absolute atomic E-state index is 11.8. The van der Waals surface area contributed by atoms with Gasteiger partial charge in [0.1, 0.15) is 0 Å². The Bertz CT molecular complexity index is 899. The number of nitrogens with one attached hydrogen (secondary N) is 2. The predicted octanol–water partition coefficient (Wildman–Crippen LogP) is 1.84. The van der Waals surface area contributed by atoms with Gasteiger partial charge in [-0.3, -0.25) is 10.1 Å². The van der Waals surface area contributed by atoms with E-state index in [9.17, 15) is 4.79 Å². The minimum atomic E-state index is -0.411. The van der Waals surface area contributed by atoms with Gasteiger partial charge in [-0.25, -0.2) is 0 Å². The summed E-state index contributed by atoms with van der Waals surface area (Å²) >= 11 is 0. The van der Waals surface area contributed by atoms with Gasteiger partial charge in [0, 0.05) is 22.3 Å². The number of aromatic amines is 1. The summed E-state index contributed by atoms with van der Waals surface area (Å²) in [6.45, 7) is 0. The molecular formula is C18H18N4O. The standard InChI is InChI=1S/C18H18N4O/c19-13-7-3-1-6-11(13)16-17-12(9-15(22-16)18(20)23)10-5-2-4-8-14(10)21-17/h1-8,15-16,21-22H,9,19H2,(H2,20,23)/t15-,16?/m0/s1. The molecule has 4 rings (SSSR count). The molecule has 6 N–H and O–H groups in total. The van der Waals surface area contributed by atoms with Crippen LogP contribution in [0.15, 0.2) is 48.5 Å². The number of nitrogen functional groups attached to an aromatic ring is 1. The Morgan fingerprint density at radius 1 is 1.09 bits per heavy atom. The third-order valence-corrected chi connectivity index (χ3v) is 4.56. The molecule has 2 aromatic carbocycles. The Kier molecular flexibility index (Phi) is 3.09. The van der Waals surface area contributed by atoms with E-state index in [1.807, 2.05) is 42.5 Å². The largest absolute Gasteiger partial charge is 0.398 e. The van der Waals surface area contributed by atoms with Crippen molar-refractivity contribution in [3.8, 4) is 0 Å². The number of para-hydroxylation sites is 2. The van der Waals surface area contributed by atoms with Crippen LogP contribution in [0.1, 0.15) is 22.9 Å². The lowest BCUT2D eigenvalue weighted by Gasteiger charge is -2.30. The maximum Gasteiger partial charge on any atom is 0.234 e. The molecule has 23 heavy (non-hydrogen) atoms. The normalized spacial score (nSPS) is 20.3. The molecule has 5 heteroatoms.